The molecule has 0 saturated carbocycles. The molecule has 1 aliphatic rings. The standard InChI is InChI=1S/C39H36FN3O3.C31H34FN3O/c1-25(2)36(35-30(22-27-12-5-4-6-13-27)23-28-14-7-10-17-34(28)41-35)42(37(44)29-19-18-26(3)33(40)24-29)20-11-21-43-38(45)31-15-8-9-16-32(31)39(43)46;1-21(2)30(35(17-9-16-33)31(36)25-15-14-22(3)27(32)20-25)29-26(18-23-10-5-4-6-11-23)19-24-12-7-8-13-28(24)34-29/h4-10,12-19,23-25,36H,11,20-22H2,1-3H3;4-8,10-15,19-21,30H,9,16-18,33H2,1-3H3. The third kappa shape index (κ3) is 13.0. The first-order valence-electron chi connectivity index (χ1n) is 28.3. The molecule has 0 radical (unpaired) electrons. The van der Waals surface area contributed by atoms with E-state index in [1.165, 1.54) is 22.6 Å². The Morgan fingerprint density at radius 2 is 0.902 bits per heavy atom. The van der Waals surface area contributed by atoms with Gasteiger partial charge in [-0.1, -0.05) is 149 Å². The number of benzene rings is 7. The van der Waals surface area contributed by atoms with Gasteiger partial charge in [-0.15, -0.1) is 0 Å². The van der Waals surface area contributed by atoms with Gasteiger partial charge in [0.25, 0.3) is 23.6 Å². The average molecular weight is 1100 g/mol. The highest BCUT2D eigenvalue weighted by Crippen LogP contribution is 2.37. The van der Waals surface area contributed by atoms with Gasteiger partial charge in [-0.05, 0) is 152 Å². The molecule has 0 fully saturated rings. The minimum absolute atomic E-state index is 0.0678. The Bertz CT molecular complexity index is 3720. The summed E-state index contributed by atoms with van der Waals surface area (Å²) in [6.45, 7) is 13.0. The molecule has 3 heterocycles. The number of rotatable bonds is 19. The van der Waals surface area contributed by atoms with E-state index in [9.17, 15) is 28.0 Å². The Morgan fingerprint density at radius 1 is 0.512 bits per heavy atom. The summed E-state index contributed by atoms with van der Waals surface area (Å²) in [6.07, 6.45) is 2.31. The molecule has 82 heavy (non-hydrogen) atoms. The van der Waals surface area contributed by atoms with Gasteiger partial charge in [-0.3, -0.25) is 34.0 Å². The van der Waals surface area contributed by atoms with Crippen LogP contribution in [0, 0.1) is 37.3 Å². The molecule has 418 valence electrons. The molecule has 2 unspecified atom stereocenters. The monoisotopic (exact) mass is 1100 g/mol. The van der Waals surface area contributed by atoms with Gasteiger partial charge in [0.05, 0.1) is 45.6 Å². The van der Waals surface area contributed by atoms with Crippen LogP contribution in [0.5, 0.6) is 0 Å². The zero-order valence-electron chi connectivity index (χ0n) is 47.5. The third-order valence-corrected chi connectivity index (χ3v) is 15.3. The lowest BCUT2D eigenvalue weighted by Crippen LogP contribution is -2.41. The number of nitrogens with two attached hydrogens (primary N) is 1. The van der Waals surface area contributed by atoms with Gasteiger partial charge < -0.3 is 15.5 Å². The van der Waals surface area contributed by atoms with Gasteiger partial charge in [-0.2, -0.15) is 0 Å². The first kappa shape index (κ1) is 57.9. The number of hydrogen-bond acceptors (Lipinski definition) is 7. The second-order valence-corrected chi connectivity index (χ2v) is 21.9. The van der Waals surface area contributed by atoms with Crippen LogP contribution in [0.15, 0.2) is 182 Å². The summed E-state index contributed by atoms with van der Waals surface area (Å²) in [5.41, 5.74) is 15.9. The smallest absolute Gasteiger partial charge is 0.261 e. The van der Waals surface area contributed by atoms with Crippen molar-refractivity contribution in [3.05, 3.63) is 261 Å². The molecular formula is C70H70F2N6O4. The minimum atomic E-state index is -0.470. The second-order valence-electron chi connectivity index (χ2n) is 21.9. The van der Waals surface area contributed by atoms with E-state index in [4.69, 9.17) is 15.7 Å². The minimum Gasteiger partial charge on any atom is -0.330 e. The van der Waals surface area contributed by atoms with Crippen molar-refractivity contribution in [2.24, 2.45) is 17.6 Å². The van der Waals surface area contributed by atoms with Gasteiger partial charge in [0.15, 0.2) is 0 Å². The SMILES string of the molecule is Cc1ccc(C(=O)N(CCCN)C(c2nc3ccccc3cc2Cc2ccccc2)C(C)C)cc1F.Cc1ccc(C(=O)N(CCCN2C(=O)c3ccccc3C2=O)C(c2nc3ccccc3cc2Cc2ccccc2)C(C)C)cc1F. The van der Waals surface area contributed by atoms with Gasteiger partial charge in [0.1, 0.15) is 11.6 Å². The number of halogens is 2. The molecular weight excluding hydrogens is 1030 g/mol. The van der Waals surface area contributed by atoms with E-state index in [0.29, 0.717) is 66.6 Å². The summed E-state index contributed by atoms with van der Waals surface area (Å²) in [4.78, 5) is 69.5. The number of imide groups is 1. The van der Waals surface area contributed by atoms with Gasteiger partial charge in [0.2, 0.25) is 0 Å². The predicted molar refractivity (Wildman–Crippen MR) is 322 cm³/mol. The molecule has 2 N–H and O–H groups in total. The number of carbonyl (C=O) groups excluding carboxylic acids is 4. The molecule has 10 rings (SSSR count). The zero-order valence-corrected chi connectivity index (χ0v) is 47.5. The highest BCUT2D eigenvalue weighted by Gasteiger charge is 2.37. The number of hydrogen-bond donors (Lipinski definition) is 1. The fourth-order valence-electron chi connectivity index (χ4n) is 11.0. The molecule has 4 amide bonds. The Morgan fingerprint density at radius 3 is 1.30 bits per heavy atom. The van der Waals surface area contributed by atoms with Crippen molar-refractivity contribution in [1.29, 1.82) is 0 Å². The van der Waals surface area contributed by atoms with Crippen molar-refractivity contribution in [2.75, 3.05) is 26.2 Å². The molecule has 0 bridgehead atoms. The third-order valence-electron chi connectivity index (χ3n) is 15.3. The lowest BCUT2D eigenvalue weighted by Gasteiger charge is -2.36. The molecule has 2 aromatic heterocycles. The lowest BCUT2D eigenvalue weighted by molar-refractivity contribution is 0.0579. The molecule has 2 atom stereocenters. The van der Waals surface area contributed by atoms with E-state index in [2.05, 4.69) is 56.3 Å². The summed E-state index contributed by atoms with van der Waals surface area (Å²) >= 11 is 0. The van der Waals surface area contributed by atoms with E-state index >= 15 is 0 Å². The normalized spacial score (nSPS) is 12.8. The number of nitrogens with zero attached hydrogens (tertiary/aromatic N) is 5. The van der Waals surface area contributed by atoms with Gasteiger partial charge in [0, 0.05) is 41.5 Å². The van der Waals surface area contributed by atoms with E-state index in [1.54, 1.807) is 67.3 Å². The Kier molecular flexibility index (Phi) is 18.5. The lowest BCUT2D eigenvalue weighted by atomic mass is 9.90. The molecule has 0 saturated heterocycles. The van der Waals surface area contributed by atoms with Crippen LogP contribution in [-0.2, 0) is 12.8 Å². The van der Waals surface area contributed by atoms with Crippen LogP contribution in [-0.4, -0.2) is 74.5 Å². The van der Waals surface area contributed by atoms with Crippen molar-refractivity contribution in [3.63, 3.8) is 0 Å². The number of aryl methyl sites for hydroxylation is 2. The van der Waals surface area contributed by atoms with Crippen molar-refractivity contribution < 1.29 is 28.0 Å². The van der Waals surface area contributed by atoms with Crippen LogP contribution in [0.3, 0.4) is 0 Å². The van der Waals surface area contributed by atoms with Crippen molar-refractivity contribution >= 4 is 45.4 Å². The Hall–Kier alpha value is -8.74. The summed E-state index contributed by atoms with van der Waals surface area (Å²) < 4.78 is 29.2. The average Bonchev–Trinajstić information content (AvgIpc) is 3.66. The maximum Gasteiger partial charge on any atom is 0.261 e. The first-order chi connectivity index (χ1) is 39.6. The van der Waals surface area contributed by atoms with Crippen molar-refractivity contribution in [2.45, 2.75) is 79.3 Å². The highest BCUT2D eigenvalue weighted by molar-refractivity contribution is 6.21. The molecule has 9 aromatic rings. The number of pyridine rings is 2. The number of fused-ring (bicyclic) bond motifs is 3. The van der Waals surface area contributed by atoms with Crippen molar-refractivity contribution in [1.82, 2.24) is 24.7 Å². The number of aromatic nitrogens is 2. The topological polar surface area (TPSA) is 130 Å². The Labute approximate surface area is 479 Å². The quantitative estimate of drug-likeness (QED) is 0.0798. The number of para-hydroxylation sites is 2. The van der Waals surface area contributed by atoms with Crippen LogP contribution < -0.4 is 5.73 Å². The predicted octanol–water partition coefficient (Wildman–Crippen LogP) is 14.3. The van der Waals surface area contributed by atoms with E-state index < -0.39 is 11.9 Å². The zero-order chi connectivity index (χ0) is 58.0. The van der Waals surface area contributed by atoms with Crippen LogP contribution in [0.25, 0.3) is 21.8 Å². The summed E-state index contributed by atoms with van der Waals surface area (Å²) in [5, 5.41) is 2.07. The van der Waals surface area contributed by atoms with Crippen molar-refractivity contribution in [3.8, 4) is 0 Å². The van der Waals surface area contributed by atoms with E-state index in [0.717, 1.165) is 49.9 Å². The van der Waals surface area contributed by atoms with Crippen LogP contribution in [0.4, 0.5) is 8.78 Å². The fourth-order valence-corrected chi connectivity index (χ4v) is 11.0. The van der Waals surface area contributed by atoms with Crippen LogP contribution in [0.2, 0.25) is 0 Å². The van der Waals surface area contributed by atoms with Gasteiger partial charge >= 0.3 is 0 Å². The number of carbonyl (C=O) groups is 4. The summed E-state index contributed by atoms with van der Waals surface area (Å²) in [5.74, 6) is -2.03. The molecule has 0 aliphatic carbocycles. The maximum atomic E-state index is 14.8. The molecule has 12 heteroatoms. The summed E-state index contributed by atoms with van der Waals surface area (Å²) in [6, 6.07) is 56.0. The molecule has 1 aliphatic heterocycles. The van der Waals surface area contributed by atoms with Gasteiger partial charge in [-0.25, -0.2) is 8.78 Å². The first-order valence-corrected chi connectivity index (χ1v) is 28.3. The molecule has 10 nitrogen and oxygen atoms in total. The largest absolute Gasteiger partial charge is 0.330 e. The van der Waals surface area contributed by atoms with E-state index in [1.807, 2.05) is 97.6 Å². The highest BCUT2D eigenvalue weighted by atomic mass is 19.1. The van der Waals surface area contributed by atoms with E-state index in [-0.39, 0.29) is 66.0 Å². The maximum absolute atomic E-state index is 14.8. The fraction of sp³-hybridized carbons (Fsp3) is 0.257. The second kappa shape index (κ2) is 26.2. The summed E-state index contributed by atoms with van der Waals surface area (Å²) in [7, 11) is 0. The molecule has 0 spiro atoms. The molecule has 7 aromatic carbocycles. The Balaban J connectivity index is 0.000000204. The van der Waals surface area contributed by atoms with Crippen LogP contribution >= 0.6 is 0 Å². The van der Waals surface area contributed by atoms with Crippen LogP contribution in [0.1, 0.15) is 139 Å². The number of amides is 4.